The topological polar surface area (TPSA) is 38.7 Å². The summed E-state index contributed by atoms with van der Waals surface area (Å²) >= 11 is 1.73. The highest BCUT2D eigenvalue weighted by molar-refractivity contribution is 8.00. The highest BCUT2D eigenvalue weighted by Gasteiger charge is 2.60. The highest BCUT2D eigenvalue weighted by Crippen LogP contribution is 2.66. The molecule has 3 nitrogen and oxygen atoms in total. The van der Waals surface area contributed by atoms with Gasteiger partial charge in [0.25, 0.3) is 0 Å². The lowest BCUT2D eigenvalue weighted by Gasteiger charge is -2.60. The summed E-state index contributed by atoms with van der Waals surface area (Å²) in [4.78, 5) is -0.849. The lowest BCUT2D eigenvalue weighted by Crippen LogP contribution is -2.58. The molecule has 0 saturated heterocycles. The van der Waals surface area contributed by atoms with Gasteiger partial charge >= 0.3 is 0 Å². The van der Waals surface area contributed by atoms with Crippen LogP contribution < -0.4 is 0 Å². The predicted molar refractivity (Wildman–Crippen MR) is 211 cm³/mol. The van der Waals surface area contributed by atoms with E-state index in [0.29, 0.717) is 23.7 Å². The number of aliphatic hydroxyl groups is 1. The van der Waals surface area contributed by atoms with E-state index >= 15 is 0 Å². The molecule has 47 heavy (non-hydrogen) atoms. The molecule has 4 aliphatic carbocycles. The van der Waals surface area contributed by atoms with Crippen LogP contribution in [-0.4, -0.2) is 44.1 Å². The Balaban J connectivity index is 1.64. The third kappa shape index (κ3) is 7.22. The monoisotopic (exact) mass is 700 g/mol. The molecule has 0 spiro atoms. The Morgan fingerprint density at radius 1 is 0.979 bits per heavy atom. The van der Waals surface area contributed by atoms with E-state index in [0.717, 1.165) is 25.0 Å². The van der Waals surface area contributed by atoms with Crippen LogP contribution in [0.4, 0.5) is 0 Å². The molecule has 0 aliphatic heterocycles. The van der Waals surface area contributed by atoms with E-state index in [1.54, 1.807) is 22.9 Å². The van der Waals surface area contributed by atoms with Crippen molar-refractivity contribution >= 4 is 28.4 Å². The van der Waals surface area contributed by atoms with E-state index in [9.17, 15) is 5.11 Å². The lowest BCUT2D eigenvalue weighted by atomic mass is 9.49. The molecule has 0 aromatic carbocycles. The Hall–Kier alpha value is -0.376. The first-order valence-corrected chi connectivity index (χ1v) is 25.8. The van der Waals surface area contributed by atoms with Gasteiger partial charge in [0, 0.05) is 24.0 Å². The van der Waals surface area contributed by atoms with Crippen LogP contribution in [0.25, 0.3) is 0 Å². The standard InChI is InChI=1S/C41H72O3SSi2/c1-14-31-22-24-34-33-23-21-32-29-41(42,45-28-20-26-40(15-2,16-3)44-47(17-4,18-5)19-6)30-36(43-46(12,13)37(7,8)9)39(32,11)35(33)25-27-38(31,34)10/h20-23,26,34-36,42H,14-19,24-25,27-30H2,1-13H3/t34-,35-,36-,38+,39-,41-/m0/s1. The highest BCUT2D eigenvalue weighted by atomic mass is 32.2. The van der Waals surface area contributed by atoms with Gasteiger partial charge in [-0.1, -0.05) is 123 Å². The van der Waals surface area contributed by atoms with Gasteiger partial charge in [-0.05, 0) is 92.0 Å². The van der Waals surface area contributed by atoms with Gasteiger partial charge in [-0.2, -0.15) is 0 Å². The van der Waals surface area contributed by atoms with Crippen molar-refractivity contribution in [1.82, 2.24) is 0 Å². The van der Waals surface area contributed by atoms with Crippen molar-refractivity contribution in [2.45, 2.75) is 180 Å². The van der Waals surface area contributed by atoms with Crippen LogP contribution in [-0.2, 0) is 8.85 Å². The van der Waals surface area contributed by atoms with E-state index in [2.05, 4.69) is 120 Å². The van der Waals surface area contributed by atoms with Gasteiger partial charge in [-0.25, -0.2) is 0 Å². The number of fused-ring (bicyclic) bond motifs is 5. The van der Waals surface area contributed by atoms with Crippen molar-refractivity contribution in [1.29, 1.82) is 0 Å². The Morgan fingerprint density at radius 2 is 1.62 bits per heavy atom. The SMILES string of the molecule is CCC1=CC[C@H]2C3=CC=C4C[C@](O)(SCC=CC(CC)(CC)O[Si](CC)(CC)CC)C[C@H](O[Si](C)(C)C(C)(C)C)[C@]4(C)[C@H]3CC[C@]12C. The normalized spacial score (nSPS) is 33.2. The van der Waals surface area contributed by atoms with E-state index in [-0.39, 0.29) is 22.2 Å². The number of hydrogen-bond acceptors (Lipinski definition) is 4. The quantitative estimate of drug-likeness (QED) is 0.111. The summed E-state index contributed by atoms with van der Waals surface area (Å²) in [6, 6.07) is 3.50. The number of allylic oxidation sites excluding steroid dienone is 5. The summed E-state index contributed by atoms with van der Waals surface area (Å²) in [6.45, 7) is 30.8. The maximum Gasteiger partial charge on any atom is 0.193 e. The van der Waals surface area contributed by atoms with Crippen molar-refractivity contribution in [2.24, 2.45) is 22.7 Å². The number of rotatable bonds is 14. The van der Waals surface area contributed by atoms with Crippen LogP contribution in [0, 0.1) is 22.7 Å². The van der Waals surface area contributed by atoms with Gasteiger partial charge in [0.2, 0.25) is 0 Å². The molecule has 0 aromatic rings. The Labute approximate surface area is 297 Å². The molecule has 0 amide bonds. The molecule has 2 saturated carbocycles. The van der Waals surface area contributed by atoms with Crippen molar-refractivity contribution < 1.29 is 14.0 Å². The van der Waals surface area contributed by atoms with Crippen LogP contribution in [0.1, 0.15) is 128 Å². The fraction of sp³-hybridized carbons (Fsp3) is 0.805. The van der Waals surface area contributed by atoms with E-state index in [1.165, 1.54) is 49.4 Å². The first-order valence-electron chi connectivity index (χ1n) is 19.4. The molecule has 6 atom stereocenters. The summed E-state index contributed by atoms with van der Waals surface area (Å²) in [5, 5.41) is 12.6. The number of hydrogen-bond donors (Lipinski definition) is 1. The zero-order chi connectivity index (χ0) is 35.1. The van der Waals surface area contributed by atoms with Gasteiger partial charge in [0.1, 0.15) is 4.93 Å². The molecule has 0 heterocycles. The maximum atomic E-state index is 12.5. The minimum absolute atomic E-state index is 0.00178. The Morgan fingerprint density at radius 3 is 2.17 bits per heavy atom. The minimum Gasteiger partial charge on any atom is -0.413 e. The third-order valence-electron chi connectivity index (χ3n) is 14.4. The Kier molecular flexibility index (Phi) is 12.0. The summed E-state index contributed by atoms with van der Waals surface area (Å²) < 4.78 is 14.6. The second-order valence-electron chi connectivity index (χ2n) is 17.5. The number of thioether (sulfide) groups is 1. The summed E-state index contributed by atoms with van der Waals surface area (Å²) in [7, 11) is -3.85. The molecule has 0 unspecified atom stereocenters. The predicted octanol–water partition coefficient (Wildman–Crippen LogP) is 12.4. The summed E-state index contributed by atoms with van der Waals surface area (Å²) in [5.74, 6) is 1.88. The van der Waals surface area contributed by atoms with E-state index in [1.807, 2.05) is 0 Å². The van der Waals surface area contributed by atoms with Gasteiger partial charge in [-0.3, -0.25) is 0 Å². The van der Waals surface area contributed by atoms with Gasteiger partial charge in [-0.15, -0.1) is 11.8 Å². The lowest BCUT2D eigenvalue weighted by molar-refractivity contribution is -0.0526. The summed E-state index contributed by atoms with van der Waals surface area (Å²) in [5.41, 5.74) is 4.76. The van der Waals surface area contributed by atoms with Crippen LogP contribution in [0.5, 0.6) is 0 Å². The van der Waals surface area contributed by atoms with Crippen molar-refractivity contribution in [3.8, 4) is 0 Å². The second kappa shape index (κ2) is 14.3. The summed E-state index contributed by atoms with van der Waals surface area (Å²) in [6.07, 6.45) is 20.4. The third-order valence-corrected chi connectivity index (χ3v) is 24.8. The average molecular weight is 701 g/mol. The molecule has 4 rings (SSSR count). The van der Waals surface area contributed by atoms with Crippen molar-refractivity contribution in [2.75, 3.05) is 5.75 Å². The zero-order valence-corrected chi connectivity index (χ0v) is 35.6. The molecule has 0 bridgehead atoms. The largest absolute Gasteiger partial charge is 0.413 e. The van der Waals surface area contributed by atoms with Gasteiger partial charge in [0.05, 0.1) is 11.7 Å². The first kappa shape index (κ1) is 39.4. The molecule has 1 N–H and O–H groups in total. The van der Waals surface area contributed by atoms with Gasteiger partial charge < -0.3 is 14.0 Å². The smallest absolute Gasteiger partial charge is 0.193 e. The van der Waals surface area contributed by atoms with E-state index in [4.69, 9.17) is 8.85 Å². The van der Waals surface area contributed by atoms with Crippen molar-refractivity contribution in [3.63, 3.8) is 0 Å². The molecular formula is C41H72O3SSi2. The molecule has 4 aliphatic rings. The van der Waals surface area contributed by atoms with Gasteiger partial charge in [0.15, 0.2) is 16.6 Å². The fourth-order valence-corrected chi connectivity index (χ4v) is 15.2. The van der Waals surface area contributed by atoms with Crippen LogP contribution in [0.2, 0.25) is 36.3 Å². The molecule has 6 heteroatoms. The molecule has 0 aromatic heterocycles. The maximum absolute atomic E-state index is 12.5. The average Bonchev–Trinajstić information content (AvgIpc) is 3.37. The zero-order valence-electron chi connectivity index (χ0n) is 32.8. The van der Waals surface area contributed by atoms with Crippen molar-refractivity contribution in [3.05, 3.63) is 47.1 Å². The molecule has 0 radical (unpaired) electrons. The molecule has 268 valence electrons. The van der Waals surface area contributed by atoms with Crippen LogP contribution in [0.15, 0.2) is 47.1 Å². The molecule has 2 fully saturated rings. The minimum atomic E-state index is -2.10. The fourth-order valence-electron chi connectivity index (χ4n) is 9.58. The first-order chi connectivity index (χ1) is 21.9. The molecular weight excluding hydrogens is 629 g/mol. The second-order valence-corrected chi connectivity index (χ2v) is 28.4. The van der Waals surface area contributed by atoms with Crippen LogP contribution >= 0.6 is 11.8 Å². The van der Waals surface area contributed by atoms with Crippen LogP contribution in [0.3, 0.4) is 0 Å². The Bertz CT molecular complexity index is 1230. The van der Waals surface area contributed by atoms with E-state index < -0.39 is 21.6 Å².